The Balaban J connectivity index is 2.49. The number of aliphatic carboxylic acids is 1. The van der Waals surface area contributed by atoms with E-state index < -0.39 is 24.0 Å². The van der Waals surface area contributed by atoms with Crippen molar-refractivity contribution in [1.29, 1.82) is 0 Å². The van der Waals surface area contributed by atoms with Crippen LogP contribution in [0.15, 0.2) is 0 Å². The Morgan fingerprint density at radius 1 is 1.50 bits per heavy atom. The van der Waals surface area contributed by atoms with Crippen LogP contribution < -0.4 is 11.1 Å². The lowest BCUT2D eigenvalue weighted by atomic mass is 10.1. The number of carbonyl (C=O) groups excluding carboxylic acids is 2. The van der Waals surface area contributed by atoms with E-state index in [9.17, 15) is 14.4 Å². The summed E-state index contributed by atoms with van der Waals surface area (Å²) in [6.45, 7) is 0.970. The Labute approximate surface area is 117 Å². The molecule has 0 aromatic heterocycles. The van der Waals surface area contributed by atoms with E-state index in [1.165, 1.54) is 12.0 Å². The summed E-state index contributed by atoms with van der Waals surface area (Å²) >= 11 is 0. The van der Waals surface area contributed by atoms with Crippen molar-refractivity contribution in [2.24, 2.45) is 5.73 Å². The van der Waals surface area contributed by atoms with Crippen LogP contribution in [0, 0.1) is 0 Å². The fourth-order valence-corrected chi connectivity index (χ4v) is 2.06. The lowest BCUT2D eigenvalue weighted by molar-refractivity contribution is -0.142. The SMILES string of the molecule is COC(=O)CC[C@@H](NC(=O)N1CCCC(N)C1)C(=O)O. The lowest BCUT2D eigenvalue weighted by Gasteiger charge is -2.31. The highest BCUT2D eigenvalue weighted by atomic mass is 16.5. The highest BCUT2D eigenvalue weighted by molar-refractivity contribution is 5.83. The average Bonchev–Trinajstić information content (AvgIpc) is 2.42. The van der Waals surface area contributed by atoms with Crippen LogP contribution in [0.25, 0.3) is 0 Å². The van der Waals surface area contributed by atoms with E-state index in [2.05, 4.69) is 10.1 Å². The number of carboxylic acids is 1. The van der Waals surface area contributed by atoms with Crippen molar-refractivity contribution in [2.75, 3.05) is 20.2 Å². The molecule has 0 saturated carbocycles. The fourth-order valence-electron chi connectivity index (χ4n) is 2.06. The first kappa shape index (κ1) is 16.2. The molecule has 0 aromatic rings. The van der Waals surface area contributed by atoms with Gasteiger partial charge in [-0.3, -0.25) is 4.79 Å². The van der Waals surface area contributed by atoms with Gasteiger partial charge in [0.1, 0.15) is 6.04 Å². The molecular weight excluding hydrogens is 266 g/mol. The third-order valence-corrected chi connectivity index (χ3v) is 3.21. The van der Waals surface area contributed by atoms with Gasteiger partial charge in [-0.2, -0.15) is 0 Å². The van der Waals surface area contributed by atoms with Gasteiger partial charge in [0.2, 0.25) is 0 Å². The lowest BCUT2D eigenvalue weighted by Crippen LogP contribution is -2.53. The minimum Gasteiger partial charge on any atom is -0.480 e. The van der Waals surface area contributed by atoms with Crippen molar-refractivity contribution < 1.29 is 24.2 Å². The van der Waals surface area contributed by atoms with E-state index in [-0.39, 0.29) is 18.9 Å². The molecule has 1 rings (SSSR count). The summed E-state index contributed by atoms with van der Waals surface area (Å²) in [5.41, 5.74) is 5.77. The van der Waals surface area contributed by atoms with Crippen molar-refractivity contribution in [3.8, 4) is 0 Å². The van der Waals surface area contributed by atoms with Gasteiger partial charge >= 0.3 is 18.0 Å². The summed E-state index contributed by atoms with van der Waals surface area (Å²) in [7, 11) is 1.23. The molecule has 114 valence electrons. The number of nitrogens with two attached hydrogens (primary N) is 1. The molecule has 0 aliphatic carbocycles. The molecule has 1 aliphatic rings. The number of amides is 2. The minimum atomic E-state index is -1.18. The topological polar surface area (TPSA) is 122 Å². The summed E-state index contributed by atoms with van der Waals surface area (Å²) in [5, 5.41) is 11.5. The first-order valence-electron chi connectivity index (χ1n) is 6.54. The number of carboxylic acid groups (broad SMARTS) is 1. The van der Waals surface area contributed by atoms with E-state index in [1.807, 2.05) is 0 Å². The Morgan fingerprint density at radius 3 is 2.75 bits per heavy atom. The van der Waals surface area contributed by atoms with E-state index in [0.717, 1.165) is 12.8 Å². The predicted octanol–water partition coefficient (Wildman–Crippen LogP) is -0.474. The zero-order valence-corrected chi connectivity index (χ0v) is 11.5. The first-order valence-corrected chi connectivity index (χ1v) is 6.54. The Morgan fingerprint density at radius 2 is 2.20 bits per heavy atom. The quantitative estimate of drug-likeness (QED) is 0.587. The number of nitrogens with zero attached hydrogens (tertiary/aromatic N) is 1. The third kappa shape index (κ3) is 5.04. The second-order valence-electron chi connectivity index (χ2n) is 4.80. The van der Waals surface area contributed by atoms with Gasteiger partial charge in [0.05, 0.1) is 7.11 Å². The molecule has 0 bridgehead atoms. The second kappa shape index (κ2) is 7.68. The number of piperidine rings is 1. The summed E-state index contributed by atoms with van der Waals surface area (Å²) in [6, 6.07) is -1.65. The molecular formula is C12H21N3O5. The number of hydrogen-bond acceptors (Lipinski definition) is 5. The maximum atomic E-state index is 12.0. The van der Waals surface area contributed by atoms with Crippen LogP contribution in [-0.2, 0) is 14.3 Å². The van der Waals surface area contributed by atoms with Gasteiger partial charge in [-0.25, -0.2) is 9.59 Å². The molecule has 1 aliphatic heterocycles. The Bertz CT molecular complexity index is 374. The molecule has 0 aromatic carbocycles. The van der Waals surface area contributed by atoms with Gasteiger partial charge in [0.15, 0.2) is 0 Å². The van der Waals surface area contributed by atoms with Crippen molar-refractivity contribution in [3.63, 3.8) is 0 Å². The number of methoxy groups -OCH3 is 1. The molecule has 2 amide bonds. The standard InChI is InChI=1S/C12H21N3O5/c1-20-10(16)5-4-9(11(17)18)14-12(19)15-6-2-3-8(13)7-15/h8-9H,2-7,13H2,1H3,(H,14,19)(H,17,18)/t8?,9-/m1/s1. The van der Waals surface area contributed by atoms with Gasteiger partial charge in [-0.15, -0.1) is 0 Å². The molecule has 0 spiro atoms. The Kier molecular flexibility index (Phi) is 6.23. The van der Waals surface area contributed by atoms with Gasteiger partial charge < -0.3 is 25.8 Å². The highest BCUT2D eigenvalue weighted by Gasteiger charge is 2.26. The molecule has 1 unspecified atom stereocenters. The van der Waals surface area contributed by atoms with Crippen LogP contribution in [0.2, 0.25) is 0 Å². The minimum absolute atomic E-state index is 0.00631. The van der Waals surface area contributed by atoms with E-state index >= 15 is 0 Å². The maximum absolute atomic E-state index is 12.0. The predicted molar refractivity (Wildman–Crippen MR) is 70.0 cm³/mol. The summed E-state index contributed by atoms with van der Waals surface area (Å²) in [6.07, 6.45) is 1.59. The van der Waals surface area contributed by atoms with Crippen molar-refractivity contribution >= 4 is 18.0 Å². The number of hydrogen-bond donors (Lipinski definition) is 3. The third-order valence-electron chi connectivity index (χ3n) is 3.21. The zero-order valence-electron chi connectivity index (χ0n) is 11.5. The smallest absolute Gasteiger partial charge is 0.326 e. The first-order chi connectivity index (χ1) is 9.43. The normalized spacial score (nSPS) is 20.1. The number of carbonyl (C=O) groups is 3. The van der Waals surface area contributed by atoms with Crippen molar-refractivity contribution in [2.45, 2.75) is 37.8 Å². The summed E-state index contributed by atoms with van der Waals surface area (Å²) in [4.78, 5) is 35.5. The van der Waals surface area contributed by atoms with Crippen LogP contribution in [0.1, 0.15) is 25.7 Å². The molecule has 1 heterocycles. The summed E-state index contributed by atoms with van der Waals surface area (Å²) < 4.78 is 4.44. The number of esters is 1. The fraction of sp³-hybridized carbons (Fsp3) is 0.750. The van der Waals surface area contributed by atoms with Gasteiger partial charge in [0, 0.05) is 25.6 Å². The number of urea groups is 1. The van der Waals surface area contributed by atoms with Gasteiger partial charge in [-0.05, 0) is 19.3 Å². The molecule has 1 fully saturated rings. The van der Waals surface area contributed by atoms with E-state index in [4.69, 9.17) is 10.8 Å². The monoisotopic (exact) mass is 287 g/mol. The molecule has 20 heavy (non-hydrogen) atoms. The summed E-state index contributed by atoms with van der Waals surface area (Å²) in [5.74, 6) is -1.69. The molecule has 8 heteroatoms. The largest absolute Gasteiger partial charge is 0.480 e. The molecule has 0 radical (unpaired) electrons. The van der Waals surface area contributed by atoms with E-state index in [1.54, 1.807) is 0 Å². The van der Waals surface area contributed by atoms with Crippen LogP contribution >= 0.6 is 0 Å². The highest BCUT2D eigenvalue weighted by Crippen LogP contribution is 2.09. The zero-order chi connectivity index (χ0) is 15.1. The number of ether oxygens (including phenoxy) is 1. The molecule has 2 atom stereocenters. The molecule has 8 nitrogen and oxygen atoms in total. The van der Waals surface area contributed by atoms with Gasteiger partial charge in [0.25, 0.3) is 0 Å². The van der Waals surface area contributed by atoms with Crippen LogP contribution in [0.4, 0.5) is 4.79 Å². The van der Waals surface area contributed by atoms with Crippen LogP contribution in [0.5, 0.6) is 0 Å². The number of nitrogens with one attached hydrogen (secondary N) is 1. The number of likely N-dealkylation sites (tertiary alicyclic amines) is 1. The Hall–Kier alpha value is -1.83. The average molecular weight is 287 g/mol. The van der Waals surface area contributed by atoms with E-state index in [0.29, 0.717) is 13.1 Å². The van der Waals surface area contributed by atoms with Crippen molar-refractivity contribution in [1.82, 2.24) is 10.2 Å². The number of rotatable bonds is 5. The second-order valence-corrected chi connectivity index (χ2v) is 4.80. The maximum Gasteiger partial charge on any atom is 0.326 e. The molecule has 4 N–H and O–H groups in total. The molecule has 1 saturated heterocycles. The van der Waals surface area contributed by atoms with Crippen LogP contribution in [-0.4, -0.2) is 60.3 Å². The van der Waals surface area contributed by atoms with Gasteiger partial charge in [-0.1, -0.05) is 0 Å². The van der Waals surface area contributed by atoms with Crippen LogP contribution in [0.3, 0.4) is 0 Å². The van der Waals surface area contributed by atoms with Crippen molar-refractivity contribution in [3.05, 3.63) is 0 Å².